The molecule has 1 aliphatic heterocycles. The largest absolute Gasteiger partial charge is 0.488 e. The summed E-state index contributed by atoms with van der Waals surface area (Å²) in [5.74, 6) is -0.377. The third-order valence-corrected chi connectivity index (χ3v) is 6.82. The van der Waals surface area contributed by atoms with Crippen LogP contribution in [0, 0.1) is 18.3 Å². The summed E-state index contributed by atoms with van der Waals surface area (Å²) in [4.78, 5) is 28.5. The molecule has 4 aromatic carbocycles. The van der Waals surface area contributed by atoms with E-state index in [2.05, 4.69) is 11.4 Å². The van der Waals surface area contributed by atoms with Crippen LogP contribution in [-0.2, 0) is 13.2 Å². The van der Waals surface area contributed by atoms with Gasteiger partial charge < -0.3 is 15.2 Å². The van der Waals surface area contributed by atoms with E-state index >= 15 is 0 Å². The van der Waals surface area contributed by atoms with E-state index < -0.39 is 11.8 Å². The molecule has 1 heterocycles. The molecule has 0 atom stereocenters. The van der Waals surface area contributed by atoms with E-state index in [0.717, 1.165) is 16.7 Å². The van der Waals surface area contributed by atoms with Crippen LogP contribution in [0.5, 0.6) is 5.75 Å². The second kappa shape index (κ2) is 11.3. The van der Waals surface area contributed by atoms with Gasteiger partial charge in [-0.05, 0) is 47.9 Å². The highest BCUT2D eigenvalue weighted by Crippen LogP contribution is 2.37. The van der Waals surface area contributed by atoms with Gasteiger partial charge in [0.2, 0.25) is 0 Å². The maximum atomic E-state index is 13.7. The topological polar surface area (TPSA) is 103 Å². The Kier molecular flexibility index (Phi) is 7.50. The van der Waals surface area contributed by atoms with E-state index in [1.807, 2.05) is 61.5 Å². The van der Waals surface area contributed by atoms with E-state index in [9.17, 15) is 20.0 Å². The van der Waals surface area contributed by atoms with Gasteiger partial charge in [-0.2, -0.15) is 5.26 Å². The predicted molar refractivity (Wildman–Crippen MR) is 148 cm³/mol. The van der Waals surface area contributed by atoms with Gasteiger partial charge in [-0.15, -0.1) is 0 Å². The zero-order valence-electron chi connectivity index (χ0n) is 21.5. The van der Waals surface area contributed by atoms with Crippen molar-refractivity contribution in [3.05, 3.63) is 118 Å². The van der Waals surface area contributed by atoms with Gasteiger partial charge >= 0.3 is 0 Å². The summed E-state index contributed by atoms with van der Waals surface area (Å²) < 4.78 is 6.11. The maximum Gasteiger partial charge on any atom is 0.266 e. The molecule has 0 fully saturated rings. The smallest absolute Gasteiger partial charge is 0.266 e. The van der Waals surface area contributed by atoms with Crippen molar-refractivity contribution in [2.24, 2.45) is 0 Å². The van der Waals surface area contributed by atoms with E-state index in [-0.39, 0.29) is 18.8 Å². The highest BCUT2D eigenvalue weighted by atomic mass is 16.5. The third-order valence-electron chi connectivity index (χ3n) is 6.82. The summed E-state index contributed by atoms with van der Waals surface area (Å²) >= 11 is 0. The molecule has 194 valence electrons. The molecule has 39 heavy (non-hydrogen) atoms. The van der Waals surface area contributed by atoms with Crippen LogP contribution in [0.3, 0.4) is 0 Å². The summed E-state index contributed by atoms with van der Waals surface area (Å²) in [5.41, 5.74) is 5.76. The van der Waals surface area contributed by atoms with Gasteiger partial charge in [-0.25, -0.2) is 4.90 Å². The molecule has 0 saturated heterocycles. The number of benzene rings is 4. The SMILES string of the molecule is Cc1c(-c2ccccc2)cccc1N1C(=O)c2cc(CNCCO)c(OCc3ccccc3C#N)cc2C1=O. The van der Waals surface area contributed by atoms with Crippen LogP contribution >= 0.6 is 0 Å². The van der Waals surface area contributed by atoms with E-state index in [1.54, 1.807) is 30.3 Å². The number of ether oxygens (including phenoxy) is 1. The van der Waals surface area contributed by atoms with Gasteiger partial charge in [0, 0.05) is 24.2 Å². The Morgan fingerprint density at radius 2 is 1.59 bits per heavy atom. The Bertz CT molecular complexity index is 1590. The quantitative estimate of drug-likeness (QED) is 0.239. The second-order valence-corrected chi connectivity index (χ2v) is 9.22. The van der Waals surface area contributed by atoms with Gasteiger partial charge in [0.15, 0.2) is 0 Å². The van der Waals surface area contributed by atoms with Gasteiger partial charge in [0.05, 0.1) is 35.1 Å². The lowest BCUT2D eigenvalue weighted by molar-refractivity contribution is 0.0925. The normalized spacial score (nSPS) is 12.4. The molecular formula is C32H27N3O4. The average molecular weight is 518 g/mol. The van der Waals surface area contributed by atoms with Gasteiger partial charge in [-0.3, -0.25) is 9.59 Å². The lowest BCUT2D eigenvalue weighted by atomic mass is 9.99. The number of rotatable bonds is 9. The fourth-order valence-electron chi connectivity index (χ4n) is 4.81. The van der Waals surface area contributed by atoms with Crippen LogP contribution < -0.4 is 15.0 Å². The minimum Gasteiger partial charge on any atom is -0.488 e. The molecule has 0 bridgehead atoms. The van der Waals surface area contributed by atoms with Crippen LogP contribution in [-0.4, -0.2) is 30.1 Å². The molecule has 1 aliphatic rings. The summed E-state index contributed by atoms with van der Waals surface area (Å²) in [7, 11) is 0. The number of aliphatic hydroxyl groups excluding tert-OH is 1. The first-order valence-electron chi connectivity index (χ1n) is 12.7. The number of imide groups is 1. The molecule has 0 spiro atoms. The van der Waals surface area contributed by atoms with Crippen LogP contribution in [0.2, 0.25) is 0 Å². The highest BCUT2D eigenvalue weighted by Gasteiger charge is 2.38. The number of carbonyl (C=O) groups excluding carboxylic acids is 2. The summed E-state index contributed by atoms with van der Waals surface area (Å²) in [6, 6.07) is 28.0. The number of amides is 2. The molecular weight excluding hydrogens is 490 g/mol. The predicted octanol–water partition coefficient (Wildman–Crippen LogP) is 5.00. The van der Waals surface area contributed by atoms with Crippen molar-refractivity contribution in [3.8, 4) is 22.9 Å². The number of fused-ring (bicyclic) bond motifs is 1. The maximum absolute atomic E-state index is 13.7. The Balaban J connectivity index is 1.51. The second-order valence-electron chi connectivity index (χ2n) is 9.22. The fourth-order valence-corrected chi connectivity index (χ4v) is 4.81. The van der Waals surface area contributed by atoms with Crippen LogP contribution in [0.15, 0.2) is 84.9 Å². The number of hydrogen-bond donors (Lipinski definition) is 2. The number of nitriles is 1. The number of carbonyl (C=O) groups is 2. The van der Waals surface area contributed by atoms with Crippen molar-refractivity contribution in [1.82, 2.24) is 5.32 Å². The molecule has 7 heteroatoms. The van der Waals surface area contributed by atoms with E-state index in [1.165, 1.54) is 4.90 Å². The number of nitrogens with one attached hydrogen (secondary N) is 1. The number of aliphatic hydroxyl groups is 1. The third kappa shape index (κ3) is 5.04. The fraction of sp³-hybridized carbons (Fsp3) is 0.156. The molecule has 2 N–H and O–H groups in total. The Labute approximate surface area is 226 Å². The number of hydrogen-bond acceptors (Lipinski definition) is 6. The first kappa shape index (κ1) is 25.9. The number of anilines is 1. The Hall–Kier alpha value is -4.77. The van der Waals surface area contributed by atoms with Crippen molar-refractivity contribution < 1.29 is 19.4 Å². The van der Waals surface area contributed by atoms with Gasteiger partial charge in [0.1, 0.15) is 12.4 Å². The van der Waals surface area contributed by atoms with E-state index in [4.69, 9.17) is 4.74 Å². The first-order chi connectivity index (χ1) is 19.0. The lowest BCUT2D eigenvalue weighted by Gasteiger charge is -2.19. The summed E-state index contributed by atoms with van der Waals surface area (Å²) in [6.45, 7) is 2.68. The minimum atomic E-state index is -0.416. The first-order valence-corrected chi connectivity index (χ1v) is 12.7. The molecule has 0 unspecified atom stereocenters. The zero-order chi connectivity index (χ0) is 27.4. The molecule has 0 aromatic heterocycles. The van der Waals surface area contributed by atoms with Gasteiger partial charge in [0.25, 0.3) is 11.8 Å². The average Bonchev–Trinajstić information content (AvgIpc) is 3.21. The molecule has 4 aromatic rings. The summed E-state index contributed by atoms with van der Waals surface area (Å²) in [5, 5.41) is 21.8. The Morgan fingerprint density at radius 3 is 2.33 bits per heavy atom. The van der Waals surface area contributed by atoms with Crippen LogP contribution in [0.4, 0.5) is 5.69 Å². The van der Waals surface area contributed by atoms with Crippen molar-refractivity contribution in [2.45, 2.75) is 20.1 Å². The molecule has 2 amide bonds. The standard InChI is InChI=1S/C32H27N3O4/c1-21-26(22-8-3-2-4-9-22)12-7-13-29(21)35-31(37)27-16-25(19-34-14-15-36)30(17-28(27)32(35)38)39-20-24-11-6-5-10-23(24)18-33/h2-13,16-17,34,36H,14-15,19-20H2,1H3. The van der Waals surface area contributed by atoms with E-state index in [0.29, 0.717) is 46.8 Å². The Morgan fingerprint density at radius 1 is 0.872 bits per heavy atom. The van der Waals surface area contributed by atoms with Crippen molar-refractivity contribution in [3.63, 3.8) is 0 Å². The molecule has 5 rings (SSSR count). The van der Waals surface area contributed by atoms with Gasteiger partial charge in [-0.1, -0.05) is 60.7 Å². The van der Waals surface area contributed by atoms with Crippen molar-refractivity contribution in [1.29, 1.82) is 5.26 Å². The summed E-state index contributed by atoms with van der Waals surface area (Å²) in [6.07, 6.45) is 0. The lowest BCUT2D eigenvalue weighted by Crippen LogP contribution is -2.30. The molecule has 0 radical (unpaired) electrons. The van der Waals surface area contributed by atoms with Crippen LogP contribution in [0.1, 0.15) is 43.0 Å². The minimum absolute atomic E-state index is 0.0428. The van der Waals surface area contributed by atoms with Crippen molar-refractivity contribution >= 4 is 17.5 Å². The number of nitrogens with zero attached hydrogens (tertiary/aromatic N) is 2. The molecule has 0 saturated carbocycles. The zero-order valence-corrected chi connectivity index (χ0v) is 21.5. The monoisotopic (exact) mass is 517 g/mol. The molecule has 7 nitrogen and oxygen atoms in total. The van der Waals surface area contributed by atoms with Crippen molar-refractivity contribution in [2.75, 3.05) is 18.1 Å². The molecule has 0 aliphatic carbocycles. The highest BCUT2D eigenvalue weighted by molar-refractivity contribution is 6.35. The van der Waals surface area contributed by atoms with Crippen LogP contribution in [0.25, 0.3) is 11.1 Å².